The summed E-state index contributed by atoms with van der Waals surface area (Å²) in [5, 5.41) is 11.9. The van der Waals surface area contributed by atoms with Crippen LogP contribution in [0.5, 0.6) is 11.5 Å². The number of aromatic hydroxyl groups is 1. The third-order valence-electron chi connectivity index (χ3n) is 3.70. The summed E-state index contributed by atoms with van der Waals surface area (Å²) in [5.74, 6) is -0.0839. The highest BCUT2D eigenvalue weighted by atomic mass is 32.2. The van der Waals surface area contributed by atoms with Crippen LogP contribution in [0.2, 0.25) is 0 Å². The summed E-state index contributed by atoms with van der Waals surface area (Å²) in [6.45, 7) is 0. The van der Waals surface area contributed by atoms with Gasteiger partial charge in [0.25, 0.3) is 5.91 Å². The highest BCUT2D eigenvalue weighted by molar-refractivity contribution is 8.18. The summed E-state index contributed by atoms with van der Waals surface area (Å²) in [4.78, 5) is 25.3. The number of anilines is 1. The van der Waals surface area contributed by atoms with Crippen LogP contribution in [0.3, 0.4) is 0 Å². The third kappa shape index (κ3) is 3.32. The van der Waals surface area contributed by atoms with Crippen LogP contribution in [0.1, 0.15) is 5.56 Å². The Labute approximate surface area is 149 Å². The largest absolute Gasteiger partial charge is 0.504 e. The lowest BCUT2D eigenvalue weighted by molar-refractivity contribution is -0.123. The van der Waals surface area contributed by atoms with E-state index in [1.165, 1.54) is 18.2 Å². The molecule has 128 valence electrons. The van der Waals surface area contributed by atoms with E-state index in [1.807, 2.05) is 30.3 Å². The van der Waals surface area contributed by atoms with E-state index in [0.29, 0.717) is 16.2 Å². The van der Waals surface area contributed by atoms with Gasteiger partial charge in [-0.15, -0.1) is 0 Å². The molecule has 2 aromatic carbocycles. The molecular weight excluding hydrogens is 340 g/mol. The highest BCUT2D eigenvalue weighted by Gasteiger charge is 2.38. The van der Waals surface area contributed by atoms with Crippen LogP contribution in [-0.4, -0.2) is 35.4 Å². The second-order valence-corrected chi connectivity index (χ2v) is 6.28. The molecule has 1 fully saturated rings. The van der Waals surface area contributed by atoms with Gasteiger partial charge in [0.1, 0.15) is 0 Å². The van der Waals surface area contributed by atoms with Gasteiger partial charge < -0.3 is 9.84 Å². The lowest BCUT2D eigenvalue weighted by atomic mass is 10.2. The molecule has 25 heavy (non-hydrogen) atoms. The van der Waals surface area contributed by atoms with Crippen molar-refractivity contribution in [2.24, 2.45) is 0 Å². The van der Waals surface area contributed by atoms with Gasteiger partial charge in [-0.05, 0) is 47.7 Å². The number of hydrogen-bond donors (Lipinski definition) is 1. The van der Waals surface area contributed by atoms with Crippen molar-refractivity contribution in [3.05, 3.63) is 59.0 Å². The number of ether oxygens (including phenoxy) is 1. The second kappa shape index (κ2) is 6.90. The molecule has 1 aliphatic rings. The zero-order valence-electron chi connectivity index (χ0n) is 13.7. The van der Waals surface area contributed by atoms with Gasteiger partial charge in [-0.1, -0.05) is 24.3 Å². The van der Waals surface area contributed by atoms with E-state index in [-0.39, 0.29) is 11.0 Å². The van der Waals surface area contributed by atoms with Crippen LogP contribution >= 0.6 is 11.8 Å². The fourth-order valence-corrected chi connectivity index (χ4v) is 3.26. The molecule has 2 aromatic rings. The van der Waals surface area contributed by atoms with Crippen LogP contribution in [0, 0.1) is 0 Å². The monoisotopic (exact) mass is 356 g/mol. The Hall–Kier alpha value is -2.93. The number of hydrazine groups is 1. The molecule has 6 nitrogen and oxygen atoms in total. The van der Waals surface area contributed by atoms with Crippen molar-refractivity contribution in [2.75, 3.05) is 19.2 Å². The first-order chi connectivity index (χ1) is 12.0. The van der Waals surface area contributed by atoms with Crippen molar-refractivity contribution < 1.29 is 19.4 Å². The molecule has 0 bridgehead atoms. The highest BCUT2D eigenvalue weighted by Crippen LogP contribution is 2.35. The fraction of sp³-hybridized carbons (Fsp3) is 0.111. The van der Waals surface area contributed by atoms with Gasteiger partial charge in [0, 0.05) is 7.05 Å². The normalized spacial score (nSPS) is 15.8. The Morgan fingerprint density at radius 1 is 1.16 bits per heavy atom. The summed E-state index contributed by atoms with van der Waals surface area (Å²) in [6.07, 6.45) is 1.60. The van der Waals surface area contributed by atoms with Gasteiger partial charge in [0.2, 0.25) is 0 Å². The molecule has 0 saturated carbocycles. The molecule has 1 heterocycles. The number of nitrogens with zero attached hydrogens (tertiary/aromatic N) is 2. The number of carbonyl (C=O) groups is 2. The number of rotatable bonds is 4. The van der Waals surface area contributed by atoms with Crippen molar-refractivity contribution in [1.29, 1.82) is 0 Å². The molecule has 0 radical (unpaired) electrons. The first kappa shape index (κ1) is 16.9. The first-order valence-electron chi connectivity index (χ1n) is 7.45. The van der Waals surface area contributed by atoms with E-state index in [1.54, 1.807) is 25.3 Å². The Morgan fingerprint density at radius 3 is 2.56 bits per heavy atom. The van der Waals surface area contributed by atoms with Crippen molar-refractivity contribution in [3.63, 3.8) is 0 Å². The predicted molar refractivity (Wildman–Crippen MR) is 97.3 cm³/mol. The average Bonchev–Trinajstić information content (AvgIpc) is 2.90. The van der Waals surface area contributed by atoms with E-state index in [0.717, 1.165) is 22.5 Å². The summed E-state index contributed by atoms with van der Waals surface area (Å²) in [5.41, 5.74) is 1.39. The Morgan fingerprint density at radius 2 is 1.88 bits per heavy atom. The zero-order valence-corrected chi connectivity index (χ0v) is 14.5. The van der Waals surface area contributed by atoms with Gasteiger partial charge in [-0.2, -0.15) is 5.01 Å². The minimum Gasteiger partial charge on any atom is -0.504 e. The molecule has 7 heteroatoms. The number of benzene rings is 2. The number of amides is 2. The fourth-order valence-electron chi connectivity index (χ4n) is 2.41. The maximum Gasteiger partial charge on any atom is 0.312 e. The maximum atomic E-state index is 12.7. The lowest BCUT2D eigenvalue weighted by Gasteiger charge is -2.26. The van der Waals surface area contributed by atoms with Crippen molar-refractivity contribution in [2.45, 2.75) is 0 Å². The van der Waals surface area contributed by atoms with Crippen molar-refractivity contribution in [3.8, 4) is 11.5 Å². The molecule has 0 spiro atoms. The molecule has 1 saturated heterocycles. The Bertz CT molecular complexity index is 851. The maximum absolute atomic E-state index is 12.7. The molecule has 1 aliphatic heterocycles. The van der Waals surface area contributed by atoms with Crippen LogP contribution in [0.15, 0.2) is 53.4 Å². The minimum atomic E-state index is -0.395. The molecule has 0 aromatic heterocycles. The van der Waals surface area contributed by atoms with E-state index in [2.05, 4.69) is 0 Å². The minimum absolute atomic E-state index is 0.0107. The van der Waals surface area contributed by atoms with Crippen LogP contribution < -0.4 is 9.75 Å². The predicted octanol–water partition coefficient (Wildman–Crippen LogP) is 3.49. The van der Waals surface area contributed by atoms with Crippen LogP contribution in [0.4, 0.5) is 10.5 Å². The molecule has 2 amide bonds. The quantitative estimate of drug-likeness (QED) is 0.846. The van der Waals surface area contributed by atoms with Gasteiger partial charge >= 0.3 is 5.24 Å². The van der Waals surface area contributed by atoms with E-state index in [9.17, 15) is 14.7 Å². The number of phenols is 1. The SMILES string of the molecule is COc1cc(C=C2SC(=O)N(N(C)c3ccccc3)C2=O)ccc1O. The van der Waals surface area contributed by atoms with Crippen LogP contribution in [-0.2, 0) is 4.79 Å². The zero-order chi connectivity index (χ0) is 18.0. The number of hydrogen-bond acceptors (Lipinski definition) is 6. The molecule has 0 aliphatic carbocycles. The summed E-state index contributed by atoms with van der Waals surface area (Å²) in [7, 11) is 3.11. The van der Waals surface area contributed by atoms with Crippen molar-refractivity contribution >= 4 is 34.7 Å². The van der Waals surface area contributed by atoms with Gasteiger partial charge in [0.15, 0.2) is 11.5 Å². The Kier molecular flexibility index (Phi) is 4.67. The molecule has 0 atom stereocenters. The third-order valence-corrected chi connectivity index (χ3v) is 4.56. The van der Waals surface area contributed by atoms with Crippen LogP contribution in [0.25, 0.3) is 6.08 Å². The second-order valence-electron chi connectivity index (χ2n) is 5.28. The summed E-state index contributed by atoms with van der Waals surface area (Å²) >= 11 is 0.871. The number of phenolic OH excluding ortho intramolecular Hbond substituents is 1. The molecular formula is C18H16N2O4S. The van der Waals surface area contributed by atoms with E-state index < -0.39 is 5.91 Å². The van der Waals surface area contributed by atoms with Gasteiger partial charge in [-0.25, -0.2) is 0 Å². The molecule has 0 unspecified atom stereocenters. The average molecular weight is 356 g/mol. The van der Waals surface area contributed by atoms with Gasteiger partial charge in [-0.3, -0.25) is 14.6 Å². The van der Waals surface area contributed by atoms with E-state index >= 15 is 0 Å². The van der Waals surface area contributed by atoms with E-state index in [4.69, 9.17) is 4.74 Å². The number of thioether (sulfide) groups is 1. The Balaban J connectivity index is 1.88. The lowest BCUT2D eigenvalue weighted by Crippen LogP contribution is -2.43. The number of methoxy groups -OCH3 is 1. The number of para-hydroxylation sites is 1. The summed E-state index contributed by atoms with van der Waals surface area (Å²) in [6, 6.07) is 13.9. The van der Waals surface area contributed by atoms with Crippen molar-refractivity contribution in [1.82, 2.24) is 5.01 Å². The number of imide groups is 1. The molecule has 1 N–H and O–H groups in total. The topological polar surface area (TPSA) is 70.1 Å². The first-order valence-corrected chi connectivity index (χ1v) is 8.26. The molecule has 3 rings (SSSR count). The smallest absolute Gasteiger partial charge is 0.312 e. The number of carbonyl (C=O) groups excluding carboxylic acids is 2. The van der Waals surface area contributed by atoms with Gasteiger partial charge in [0.05, 0.1) is 17.7 Å². The standard InChI is InChI=1S/C18H16N2O4S/c1-19(13-6-4-3-5-7-13)20-17(22)16(25-18(20)23)11-12-8-9-14(21)15(10-12)24-2/h3-11,21H,1-2H3. The summed E-state index contributed by atoms with van der Waals surface area (Å²) < 4.78 is 5.06.